The van der Waals surface area contributed by atoms with Gasteiger partial charge in [-0.1, -0.05) is 37.3 Å². The van der Waals surface area contributed by atoms with Crippen LogP contribution in [0, 0.1) is 5.92 Å². The number of benzene rings is 1. The number of amides is 1. The van der Waals surface area contributed by atoms with Gasteiger partial charge in [0.1, 0.15) is 5.60 Å². The Morgan fingerprint density at radius 2 is 1.91 bits per heavy atom. The van der Waals surface area contributed by atoms with Gasteiger partial charge in [-0.2, -0.15) is 0 Å². The van der Waals surface area contributed by atoms with Crippen molar-refractivity contribution in [2.75, 3.05) is 6.54 Å². The van der Waals surface area contributed by atoms with Gasteiger partial charge in [-0.05, 0) is 45.6 Å². The summed E-state index contributed by atoms with van der Waals surface area (Å²) in [5.41, 5.74) is 0.849. The van der Waals surface area contributed by atoms with Crippen LogP contribution in [0.5, 0.6) is 0 Å². The van der Waals surface area contributed by atoms with E-state index in [0.717, 1.165) is 19.5 Å². The van der Waals surface area contributed by atoms with E-state index in [4.69, 9.17) is 4.74 Å². The summed E-state index contributed by atoms with van der Waals surface area (Å²) in [6.07, 6.45) is 0.675. The van der Waals surface area contributed by atoms with Crippen LogP contribution < -0.4 is 5.32 Å². The third kappa shape index (κ3) is 5.54. The van der Waals surface area contributed by atoms with Crippen LogP contribution in [0.25, 0.3) is 0 Å². The second-order valence-electron chi connectivity index (χ2n) is 7.75. The molecule has 1 aliphatic heterocycles. The molecule has 0 spiro atoms. The van der Waals surface area contributed by atoms with Crippen molar-refractivity contribution in [3.05, 3.63) is 35.9 Å². The first kappa shape index (κ1) is 17.8. The molecule has 1 aliphatic rings. The molecule has 1 amide bonds. The first-order valence-corrected chi connectivity index (χ1v) is 8.52. The summed E-state index contributed by atoms with van der Waals surface area (Å²) in [4.78, 5) is 14.5. The van der Waals surface area contributed by atoms with E-state index in [0.29, 0.717) is 12.0 Å². The summed E-state index contributed by atoms with van der Waals surface area (Å²) in [7, 11) is 0. The smallest absolute Gasteiger partial charge is 0.407 e. The van der Waals surface area contributed by atoms with E-state index in [1.54, 1.807) is 0 Å². The fraction of sp³-hybridized carbons (Fsp3) is 0.632. The van der Waals surface area contributed by atoms with Crippen molar-refractivity contribution < 1.29 is 9.53 Å². The average molecular weight is 318 g/mol. The first-order valence-electron chi connectivity index (χ1n) is 8.52. The lowest BCUT2D eigenvalue weighted by atomic mass is 9.90. The monoisotopic (exact) mass is 318 g/mol. The third-order valence-electron chi connectivity index (χ3n) is 4.29. The Labute approximate surface area is 140 Å². The maximum absolute atomic E-state index is 12.1. The Morgan fingerprint density at radius 1 is 1.26 bits per heavy atom. The Kier molecular flexibility index (Phi) is 5.69. The lowest BCUT2D eigenvalue weighted by Gasteiger charge is -2.42. The number of ether oxygens (including phenoxy) is 1. The van der Waals surface area contributed by atoms with Crippen molar-refractivity contribution in [2.24, 2.45) is 5.92 Å². The number of carbonyl (C=O) groups excluding carboxylic acids is 1. The molecule has 0 unspecified atom stereocenters. The lowest BCUT2D eigenvalue weighted by molar-refractivity contribution is 0.0363. The number of alkyl carbamates (subject to hydrolysis) is 1. The van der Waals surface area contributed by atoms with Crippen LogP contribution in [-0.4, -0.2) is 35.2 Å². The van der Waals surface area contributed by atoms with Crippen LogP contribution in [0.2, 0.25) is 0 Å². The molecule has 0 aliphatic carbocycles. The van der Waals surface area contributed by atoms with Gasteiger partial charge < -0.3 is 10.1 Å². The van der Waals surface area contributed by atoms with E-state index in [1.165, 1.54) is 5.56 Å². The van der Waals surface area contributed by atoms with E-state index in [1.807, 2.05) is 26.8 Å². The molecule has 3 atom stereocenters. The van der Waals surface area contributed by atoms with E-state index < -0.39 is 5.60 Å². The SMILES string of the molecule is C[C@@H]1C[C@@H](NC(=O)OC(C)(C)C)[C@@H](C)N(Cc2ccccc2)C1. The second kappa shape index (κ2) is 7.35. The number of hydrogen-bond donors (Lipinski definition) is 1. The van der Waals surface area contributed by atoms with Crippen LogP contribution >= 0.6 is 0 Å². The summed E-state index contributed by atoms with van der Waals surface area (Å²) in [6.45, 7) is 12.1. The van der Waals surface area contributed by atoms with Crippen LogP contribution in [-0.2, 0) is 11.3 Å². The number of nitrogens with one attached hydrogen (secondary N) is 1. The van der Waals surface area contributed by atoms with E-state index in [2.05, 4.69) is 48.3 Å². The highest BCUT2D eigenvalue weighted by molar-refractivity contribution is 5.68. The predicted molar refractivity (Wildman–Crippen MR) is 93.3 cm³/mol. The quantitative estimate of drug-likeness (QED) is 0.921. The van der Waals surface area contributed by atoms with E-state index in [9.17, 15) is 4.79 Å². The highest BCUT2D eigenvalue weighted by atomic mass is 16.6. The molecule has 1 heterocycles. The topological polar surface area (TPSA) is 41.6 Å². The average Bonchev–Trinajstić information content (AvgIpc) is 2.43. The van der Waals surface area contributed by atoms with Crippen LogP contribution in [0.4, 0.5) is 4.79 Å². The van der Waals surface area contributed by atoms with Gasteiger partial charge in [0, 0.05) is 25.2 Å². The fourth-order valence-corrected chi connectivity index (χ4v) is 3.19. The summed E-state index contributed by atoms with van der Waals surface area (Å²) < 4.78 is 5.41. The number of nitrogens with zero attached hydrogens (tertiary/aromatic N) is 1. The zero-order chi connectivity index (χ0) is 17.0. The van der Waals surface area contributed by atoms with Gasteiger partial charge in [-0.25, -0.2) is 4.79 Å². The minimum Gasteiger partial charge on any atom is -0.444 e. The highest BCUT2D eigenvalue weighted by Gasteiger charge is 2.33. The molecule has 0 aromatic heterocycles. The minimum absolute atomic E-state index is 0.123. The largest absolute Gasteiger partial charge is 0.444 e. The molecular formula is C19H30N2O2. The van der Waals surface area contributed by atoms with Gasteiger partial charge in [-0.15, -0.1) is 0 Å². The molecule has 1 saturated heterocycles. The Bertz CT molecular complexity index is 510. The van der Waals surface area contributed by atoms with Gasteiger partial charge in [0.05, 0.1) is 0 Å². The van der Waals surface area contributed by atoms with Crippen LogP contribution in [0.1, 0.15) is 46.6 Å². The minimum atomic E-state index is -0.461. The zero-order valence-corrected chi connectivity index (χ0v) is 15.0. The number of piperidine rings is 1. The summed E-state index contributed by atoms with van der Waals surface area (Å²) in [5, 5.41) is 3.07. The first-order chi connectivity index (χ1) is 10.7. The van der Waals surface area contributed by atoms with Crippen molar-refractivity contribution >= 4 is 6.09 Å². The summed E-state index contributed by atoms with van der Waals surface area (Å²) in [6, 6.07) is 10.9. The molecule has 1 aromatic carbocycles. The molecule has 0 bridgehead atoms. The molecule has 2 rings (SSSR count). The fourth-order valence-electron chi connectivity index (χ4n) is 3.19. The Morgan fingerprint density at radius 3 is 2.52 bits per heavy atom. The van der Waals surface area contributed by atoms with Crippen molar-refractivity contribution in [1.82, 2.24) is 10.2 Å². The molecule has 1 aromatic rings. The maximum atomic E-state index is 12.1. The number of rotatable bonds is 3. The molecule has 23 heavy (non-hydrogen) atoms. The van der Waals surface area contributed by atoms with Gasteiger partial charge in [0.25, 0.3) is 0 Å². The van der Waals surface area contributed by atoms with Crippen molar-refractivity contribution in [2.45, 2.75) is 65.3 Å². The van der Waals surface area contributed by atoms with E-state index >= 15 is 0 Å². The summed E-state index contributed by atoms with van der Waals surface area (Å²) >= 11 is 0. The van der Waals surface area contributed by atoms with Gasteiger partial charge in [0.2, 0.25) is 0 Å². The number of likely N-dealkylation sites (tertiary alicyclic amines) is 1. The third-order valence-corrected chi connectivity index (χ3v) is 4.29. The molecular weight excluding hydrogens is 288 g/mol. The lowest BCUT2D eigenvalue weighted by Crippen LogP contribution is -2.56. The molecule has 0 saturated carbocycles. The Hall–Kier alpha value is -1.55. The predicted octanol–water partition coefficient (Wildman–Crippen LogP) is 3.81. The molecule has 4 nitrogen and oxygen atoms in total. The molecule has 4 heteroatoms. The summed E-state index contributed by atoms with van der Waals surface area (Å²) in [5.74, 6) is 0.551. The molecule has 128 valence electrons. The Balaban J connectivity index is 1.99. The van der Waals surface area contributed by atoms with Crippen molar-refractivity contribution in [3.8, 4) is 0 Å². The van der Waals surface area contributed by atoms with Gasteiger partial charge >= 0.3 is 6.09 Å². The maximum Gasteiger partial charge on any atom is 0.407 e. The van der Waals surface area contributed by atoms with Crippen LogP contribution in [0.3, 0.4) is 0 Å². The molecule has 1 N–H and O–H groups in total. The zero-order valence-electron chi connectivity index (χ0n) is 15.0. The second-order valence-corrected chi connectivity index (χ2v) is 7.75. The number of hydrogen-bond acceptors (Lipinski definition) is 3. The van der Waals surface area contributed by atoms with E-state index in [-0.39, 0.29) is 12.1 Å². The number of carbonyl (C=O) groups is 1. The normalized spacial score (nSPS) is 25.9. The van der Waals surface area contributed by atoms with Crippen molar-refractivity contribution in [3.63, 3.8) is 0 Å². The standard InChI is InChI=1S/C19H30N2O2/c1-14-11-17(20-18(22)23-19(3,4)5)15(2)21(12-14)13-16-9-7-6-8-10-16/h6-10,14-15,17H,11-13H2,1-5H3,(H,20,22)/t14-,15-,17-/m1/s1. The molecule has 1 fully saturated rings. The van der Waals surface area contributed by atoms with Gasteiger partial charge in [-0.3, -0.25) is 4.90 Å². The van der Waals surface area contributed by atoms with Crippen LogP contribution in [0.15, 0.2) is 30.3 Å². The van der Waals surface area contributed by atoms with Crippen molar-refractivity contribution in [1.29, 1.82) is 0 Å². The highest BCUT2D eigenvalue weighted by Crippen LogP contribution is 2.24. The van der Waals surface area contributed by atoms with Gasteiger partial charge in [0.15, 0.2) is 0 Å². The molecule has 0 radical (unpaired) electrons.